The molecule has 3 aromatic heterocycles. The van der Waals surface area contributed by atoms with Gasteiger partial charge in [0, 0.05) is 48.4 Å². The van der Waals surface area contributed by atoms with Gasteiger partial charge in [-0.15, -0.1) is 29.6 Å². The fourth-order valence-corrected chi connectivity index (χ4v) is 6.92. The van der Waals surface area contributed by atoms with Crippen LogP contribution in [0.2, 0.25) is 0 Å². The van der Waals surface area contributed by atoms with Crippen molar-refractivity contribution in [1.82, 2.24) is 14.1 Å². The van der Waals surface area contributed by atoms with Gasteiger partial charge in [-0.3, -0.25) is 4.57 Å². The minimum Gasteiger partial charge on any atom is -0.510 e. The normalized spacial score (nSPS) is 16.1. The maximum Gasteiger partial charge on any atom is 0.268 e. The van der Waals surface area contributed by atoms with Crippen LogP contribution in [-0.2, 0) is 27.4 Å². The number of imidazole rings is 1. The van der Waals surface area contributed by atoms with Crippen LogP contribution in [0.1, 0.15) is 51.0 Å². The Morgan fingerprint density at radius 2 is 1.39 bits per heavy atom. The van der Waals surface area contributed by atoms with Gasteiger partial charge in [0.05, 0.1) is 35.9 Å². The molecule has 0 amide bonds. The summed E-state index contributed by atoms with van der Waals surface area (Å²) in [5.74, 6) is -0.267. The summed E-state index contributed by atoms with van der Waals surface area (Å²) < 4.78 is 169. The van der Waals surface area contributed by atoms with E-state index in [1.165, 1.54) is 51.7 Å². The molecule has 0 radical (unpaired) electrons. The molecule has 0 spiro atoms. The summed E-state index contributed by atoms with van der Waals surface area (Å²) in [6.45, 7) is 5.21. The predicted octanol–water partition coefficient (Wildman–Crippen LogP) is 12.5. The van der Waals surface area contributed by atoms with Crippen LogP contribution in [0.3, 0.4) is 0 Å². The molecule has 0 saturated carbocycles. The van der Waals surface area contributed by atoms with E-state index in [9.17, 15) is 2.74 Å². The quantitative estimate of drug-likeness (QED) is 0.112. The summed E-state index contributed by atoms with van der Waals surface area (Å²) in [5.41, 5.74) is 0.0720. The second-order valence-electron chi connectivity index (χ2n) is 14.2. The van der Waals surface area contributed by atoms with Crippen LogP contribution in [0.5, 0.6) is 11.5 Å². The summed E-state index contributed by atoms with van der Waals surface area (Å²) >= 11 is 0. The smallest absolute Gasteiger partial charge is 0.268 e. The van der Waals surface area contributed by atoms with E-state index in [0.29, 0.717) is 11.0 Å². The number of rotatable bonds is 8. The number of pyridine rings is 1. The molecule has 0 aliphatic heterocycles. The van der Waals surface area contributed by atoms with Crippen LogP contribution >= 0.6 is 0 Å². The minimum atomic E-state index is -1.90. The van der Waals surface area contributed by atoms with E-state index < -0.39 is 108 Å². The molecule has 0 N–H and O–H groups in total. The SMILES string of the molecule is [2H]c1c([2H])c([2H])c(-c2cccc(-c3c([2H])c([2H])c([2H])c([2H])c3[2H])c2-[n+]2[c-]n(-c3[c-]c(Oc4[c-]c5c(c([2H])c4[2H])c4c([2H])c([2H])c([2H])c([2H])c4n5-c4cc(C([2H])([2H])C(C)(C)C)ccn4)ccc3)c3ccccc32)c([2H])c1[2H].[Pt]. The van der Waals surface area contributed by atoms with Gasteiger partial charge in [0.2, 0.25) is 0 Å². The molecule has 0 aliphatic carbocycles. The number of hydrogen-bond acceptors (Lipinski definition) is 2. The molecule has 3 heterocycles. The van der Waals surface area contributed by atoms with Gasteiger partial charge in [-0.25, -0.2) is 4.98 Å². The van der Waals surface area contributed by atoms with Crippen molar-refractivity contribution < 1.29 is 55.0 Å². The number of ether oxygens (including phenoxy) is 1. The summed E-state index contributed by atoms with van der Waals surface area (Å²) in [5, 5.41) is -0.124. The third-order valence-electron chi connectivity index (χ3n) is 9.20. The Hall–Kier alpha value is -6.55. The molecule has 7 aromatic carbocycles. The van der Waals surface area contributed by atoms with Gasteiger partial charge in [-0.1, -0.05) is 147 Å². The molecular formula is C53H40N4OPt-2. The number of para-hydroxylation sites is 4. The number of hydrogen-bond donors (Lipinski definition) is 0. The van der Waals surface area contributed by atoms with E-state index >= 15 is 0 Å². The minimum absolute atomic E-state index is 0. The number of nitrogens with zero attached hydrogens (tertiary/aromatic N) is 4. The zero-order chi connectivity index (χ0) is 54.9. The van der Waals surface area contributed by atoms with Crippen molar-refractivity contribution in [2.45, 2.75) is 27.1 Å². The predicted molar refractivity (Wildman–Crippen MR) is 234 cm³/mol. The first-order valence-electron chi connectivity index (χ1n) is 27.2. The third kappa shape index (κ3) is 7.28. The molecule has 0 unspecified atom stereocenters. The van der Waals surface area contributed by atoms with Crippen molar-refractivity contribution in [3.05, 3.63) is 200 Å². The van der Waals surface area contributed by atoms with Gasteiger partial charge >= 0.3 is 0 Å². The fraction of sp³-hybridized carbons (Fsp3) is 0.0943. The topological polar surface area (TPSA) is 35.9 Å². The van der Waals surface area contributed by atoms with Gasteiger partial charge in [-0.2, -0.15) is 18.2 Å². The van der Waals surface area contributed by atoms with Crippen molar-refractivity contribution in [1.29, 1.82) is 0 Å². The Morgan fingerprint density at radius 3 is 2.14 bits per heavy atom. The molecule has 5 nitrogen and oxygen atoms in total. The van der Waals surface area contributed by atoms with Crippen LogP contribution in [0, 0.1) is 23.9 Å². The maximum atomic E-state index is 9.34. The number of aromatic nitrogens is 4. The molecule has 0 saturated heterocycles. The molecule has 6 heteroatoms. The number of fused-ring (bicyclic) bond motifs is 4. The monoisotopic (exact) mass is 961 g/mol. The Labute approximate surface area is 384 Å². The first-order chi connectivity index (χ1) is 35.8. The molecule has 0 aliphatic rings. The Balaban J connectivity index is 0.00000722. The van der Waals surface area contributed by atoms with E-state index in [1.54, 1.807) is 61.7 Å². The van der Waals surface area contributed by atoms with E-state index in [1.807, 2.05) is 0 Å². The van der Waals surface area contributed by atoms with Crippen LogP contribution in [0.25, 0.3) is 72.3 Å². The van der Waals surface area contributed by atoms with Crippen molar-refractivity contribution >= 4 is 32.8 Å². The molecule has 0 fully saturated rings. The van der Waals surface area contributed by atoms with E-state index in [2.05, 4.69) is 23.4 Å². The second-order valence-corrected chi connectivity index (χ2v) is 14.2. The van der Waals surface area contributed by atoms with Crippen molar-refractivity contribution in [3.8, 4) is 50.9 Å². The van der Waals surface area contributed by atoms with Gasteiger partial charge < -0.3 is 13.9 Å². The molecule has 10 aromatic rings. The molecule has 59 heavy (non-hydrogen) atoms. The van der Waals surface area contributed by atoms with Crippen LogP contribution < -0.4 is 9.30 Å². The summed E-state index contributed by atoms with van der Waals surface area (Å²) in [4.78, 5) is 4.52. The number of benzene rings is 7. The van der Waals surface area contributed by atoms with E-state index in [-0.39, 0.29) is 99.4 Å². The summed E-state index contributed by atoms with van der Waals surface area (Å²) in [7, 11) is 0. The molecule has 0 bridgehead atoms. The molecule has 290 valence electrons. The largest absolute Gasteiger partial charge is 0.510 e. The first kappa shape index (κ1) is 22.6. The van der Waals surface area contributed by atoms with Crippen molar-refractivity contribution in [2.24, 2.45) is 5.41 Å². The van der Waals surface area contributed by atoms with Gasteiger partial charge in [0.15, 0.2) is 0 Å². The van der Waals surface area contributed by atoms with Gasteiger partial charge in [-0.05, 0) is 70.2 Å². The van der Waals surface area contributed by atoms with Crippen LogP contribution in [0.4, 0.5) is 0 Å². The van der Waals surface area contributed by atoms with E-state index in [0.717, 1.165) is 0 Å². The van der Waals surface area contributed by atoms with Crippen LogP contribution in [-0.4, -0.2) is 14.1 Å². The zero-order valence-electron chi connectivity index (χ0n) is 49.5. The molecular weight excluding hydrogens is 904 g/mol. The Kier molecular flexibility index (Phi) is 5.99. The average Bonchev–Trinajstić information content (AvgIpc) is 4.03. The Morgan fingerprint density at radius 1 is 0.695 bits per heavy atom. The zero-order valence-corrected chi connectivity index (χ0v) is 33.8. The van der Waals surface area contributed by atoms with Crippen LogP contribution in [0.15, 0.2) is 176 Å². The third-order valence-corrected chi connectivity index (χ3v) is 9.20. The van der Waals surface area contributed by atoms with Gasteiger partial charge in [0.25, 0.3) is 6.33 Å². The molecule has 10 rings (SSSR count). The maximum absolute atomic E-state index is 9.34. The Bertz CT molecular complexity index is 4010. The fourth-order valence-electron chi connectivity index (χ4n) is 6.92. The standard InChI is InChI=1S/C53H40N4O.Pt/c1-53(2,3)35-37-30-31-54-51(32-37)57-47-25-11-10-22-45(47)46-29-28-42(34-50(46)57)58-41-21-14-20-40(33-41)55-36-56(49-27-13-12-26-48(49)55)52-43(38-16-6-4-7-17-38)23-15-24-44(52)39-18-8-5-9-19-39;/h4-32H,35H2,1-3H3;/q-2;/i4D,5D,6D,7D,8D,9D,10D,11D,16D,17D,18D,19D,22D,25D,28D,29D,35D2;. The first-order valence-corrected chi connectivity index (χ1v) is 18.2. The summed E-state index contributed by atoms with van der Waals surface area (Å²) in [6, 6.07) is 16.4. The van der Waals surface area contributed by atoms with E-state index in [4.69, 9.17) is 26.7 Å². The second kappa shape index (κ2) is 15.7. The average molecular weight is 962 g/mol. The van der Waals surface area contributed by atoms with Crippen molar-refractivity contribution in [3.63, 3.8) is 0 Å². The van der Waals surface area contributed by atoms with Gasteiger partial charge in [0.1, 0.15) is 5.82 Å². The molecule has 0 atom stereocenters. The van der Waals surface area contributed by atoms with Crippen molar-refractivity contribution in [2.75, 3.05) is 0 Å². The summed E-state index contributed by atoms with van der Waals surface area (Å²) in [6.07, 6.45) is 2.76.